The molecular weight excluding hydrogens is 254 g/mol. The van der Waals surface area contributed by atoms with Gasteiger partial charge in [0.15, 0.2) is 0 Å². The topological polar surface area (TPSA) is 46.2 Å². The maximum atomic E-state index is 5.14. The lowest BCUT2D eigenvalue weighted by Gasteiger charge is -2.08. The van der Waals surface area contributed by atoms with Gasteiger partial charge in [-0.1, -0.05) is 0 Å². The van der Waals surface area contributed by atoms with Crippen molar-refractivity contribution in [3.8, 4) is 0 Å². The molecule has 0 rings (SSSR count). The van der Waals surface area contributed by atoms with E-state index in [1.54, 1.807) is 0 Å². The van der Waals surface area contributed by atoms with Crippen molar-refractivity contribution in [3.63, 3.8) is 0 Å². The molecular formula is C6H13Cl2O5P. The van der Waals surface area contributed by atoms with Gasteiger partial charge in [-0.3, -0.25) is 0 Å². The van der Waals surface area contributed by atoms with Crippen LogP contribution in [-0.2, 0) is 22.1 Å². The van der Waals surface area contributed by atoms with E-state index in [1.165, 1.54) is 0 Å². The molecule has 0 spiro atoms. The van der Waals surface area contributed by atoms with E-state index in [4.69, 9.17) is 37.7 Å². The smallest absolute Gasteiger partial charge is 0.368 e. The first-order chi connectivity index (χ1) is 6.85. The first-order valence-electron chi connectivity index (χ1n) is 4.01. The maximum absolute atomic E-state index is 5.14. The first kappa shape index (κ1) is 14.8. The molecule has 0 aliphatic carbocycles. The average molecular weight is 267 g/mol. The molecule has 86 valence electrons. The summed E-state index contributed by atoms with van der Waals surface area (Å²) in [6, 6.07) is 0. The Labute approximate surface area is 94.8 Å². The third kappa shape index (κ3) is 9.37. The molecule has 0 aliphatic heterocycles. The lowest BCUT2D eigenvalue weighted by Crippen LogP contribution is -2.08. The van der Waals surface area contributed by atoms with Crippen LogP contribution in [0.15, 0.2) is 0 Å². The molecule has 0 heterocycles. The third-order valence-corrected chi connectivity index (χ3v) is 2.41. The molecule has 0 aromatic heterocycles. The molecule has 0 unspecified atom stereocenters. The van der Waals surface area contributed by atoms with Crippen molar-refractivity contribution >= 4 is 32.3 Å². The quantitative estimate of drug-likeness (QED) is 0.449. The van der Waals surface area contributed by atoms with Crippen molar-refractivity contribution in [2.75, 3.05) is 33.0 Å². The monoisotopic (exact) mass is 266 g/mol. The highest BCUT2D eigenvalue weighted by Crippen LogP contribution is 2.41. The van der Waals surface area contributed by atoms with Crippen molar-refractivity contribution in [3.05, 3.63) is 0 Å². The minimum atomic E-state index is -1.66. The third-order valence-electron chi connectivity index (χ3n) is 1.11. The average Bonchev–Trinajstić information content (AvgIpc) is 2.22. The Hall–Kier alpha value is 0.810. The highest BCUT2D eigenvalue weighted by atomic mass is 35.5. The zero-order chi connectivity index (χ0) is 10.6. The summed E-state index contributed by atoms with van der Waals surface area (Å²) in [6.07, 6.45) is 0. The highest BCUT2D eigenvalue weighted by Gasteiger charge is 2.10. The molecule has 8 heteroatoms. The van der Waals surface area contributed by atoms with E-state index in [9.17, 15) is 0 Å². The van der Waals surface area contributed by atoms with Gasteiger partial charge in [0, 0.05) is 6.61 Å². The fourth-order valence-electron chi connectivity index (χ4n) is 0.585. The van der Waals surface area contributed by atoms with Crippen LogP contribution in [0.25, 0.3) is 0 Å². The minimum Gasteiger partial charge on any atom is -0.379 e. The summed E-state index contributed by atoms with van der Waals surface area (Å²) in [5.41, 5.74) is 0. The minimum absolute atomic E-state index is 0.303. The molecule has 14 heavy (non-hydrogen) atoms. The summed E-state index contributed by atoms with van der Waals surface area (Å²) >= 11 is 9.97. The summed E-state index contributed by atoms with van der Waals surface area (Å²) < 4.78 is 23.6. The second kappa shape index (κ2) is 11.9. The molecule has 5 nitrogen and oxygen atoms in total. The number of halogens is 2. The predicted molar refractivity (Wildman–Crippen MR) is 54.1 cm³/mol. The van der Waals surface area contributed by atoms with Gasteiger partial charge in [0.05, 0.1) is 50.2 Å². The molecule has 0 atom stereocenters. The molecule has 0 bridgehead atoms. The van der Waals surface area contributed by atoms with E-state index < -0.39 is 8.60 Å². The van der Waals surface area contributed by atoms with Gasteiger partial charge in [0.1, 0.15) is 0 Å². The van der Waals surface area contributed by atoms with Crippen molar-refractivity contribution in [2.45, 2.75) is 6.92 Å². The van der Waals surface area contributed by atoms with Crippen LogP contribution in [0.4, 0.5) is 0 Å². The maximum Gasteiger partial charge on any atom is 0.368 e. The van der Waals surface area contributed by atoms with E-state index in [0.29, 0.717) is 33.0 Å². The van der Waals surface area contributed by atoms with Crippen LogP contribution < -0.4 is 0 Å². The Bertz CT molecular complexity index is 116. The fraction of sp³-hybridized carbons (Fsp3) is 1.00. The normalized spacial score (nSPS) is 11.1. The predicted octanol–water partition coefficient (Wildman–Crippen LogP) is 2.62. The fourth-order valence-corrected chi connectivity index (χ4v) is 1.40. The van der Waals surface area contributed by atoms with Gasteiger partial charge >= 0.3 is 8.60 Å². The van der Waals surface area contributed by atoms with Gasteiger partial charge in [-0.25, -0.2) is 0 Å². The summed E-state index contributed by atoms with van der Waals surface area (Å²) in [6.45, 7) is 4.42. The number of hydrogen-bond donors (Lipinski definition) is 0. The molecule has 0 aliphatic rings. The zero-order valence-corrected chi connectivity index (χ0v) is 10.2. The second-order valence-corrected chi connectivity index (χ2v) is 3.81. The van der Waals surface area contributed by atoms with Crippen LogP contribution >= 0.6 is 32.3 Å². The molecule has 0 fully saturated rings. The van der Waals surface area contributed by atoms with Crippen molar-refractivity contribution in [2.24, 2.45) is 0 Å². The summed E-state index contributed by atoms with van der Waals surface area (Å²) in [7, 11) is -1.66. The Morgan fingerprint density at radius 1 is 0.929 bits per heavy atom. The van der Waals surface area contributed by atoms with Crippen LogP contribution in [0.3, 0.4) is 0 Å². The van der Waals surface area contributed by atoms with Crippen LogP contribution in [-0.4, -0.2) is 33.0 Å². The van der Waals surface area contributed by atoms with Crippen LogP contribution in [0, 0.1) is 0 Å². The Kier molecular flexibility index (Phi) is 12.6. The molecule has 0 amide bonds. The molecule has 0 radical (unpaired) electrons. The summed E-state index contributed by atoms with van der Waals surface area (Å²) in [4.78, 5) is 0. The van der Waals surface area contributed by atoms with E-state index in [2.05, 4.69) is 8.15 Å². The first-order valence-corrected chi connectivity index (χ1v) is 5.72. The Morgan fingerprint density at radius 2 is 1.50 bits per heavy atom. The largest absolute Gasteiger partial charge is 0.379 e. The summed E-state index contributed by atoms with van der Waals surface area (Å²) in [5.74, 6) is 0. The van der Waals surface area contributed by atoms with Gasteiger partial charge < -0.3 is 14.0 Å². The number of rotatable bonds is 10. The Balaban J connectivity index is 3.04. The molecule has 0 aromatic rings. The molecule has 0 saturated carbocycles. The van der Waals surface area contributed by atoms with E-state index >= 15 is 0 Å². The van der Waals surface area contributed by atoms with Crippen LogP contribution in [0.5, 0.6) is 0 Å². The van der Waals surface area contributed by atoms with E-state index in [1.807, 2.05) is 6.92 Å². The Morgan fingerprint density at radius 3 is 2.07 bits per heavy atom. The van der Waals surface area contributed by atoms with Crippen molar-refractivity contribution in [1.29, 1.82) is 0 Å². The van der Waals surface area contributed by atoms with Crippen LogP contribution in [0.1, 0.15) is 6.92 Å². The number of ether oxygens (including phenoxy) is 2. The molecule has 0 aromatic carbocycles. The molecule has 0 saturated heterocycles. The highest BCUT2D eigenvalue weighted by molar-refractivity contribution is 7.43. The lowest BCUT2D eigenvalue weighted by molar-refractivity contribution is 0.0395. The van der Waals surface area contributed by atoms with Crippen LogP contribution in [0.2, 0.25) is 0 Å². The van der Waals surface area contributed by atoms with Gasteiger partial charge in [-0.15, -0.1) is 0 Å². The zero-order valence-electron chi connectivity index (χ0n) is 7.78. The summed E-state index contributed by atoms with van der Waals surface area (Å²) in [5, 5.41) is 0. The molecule has 0 N–H and O–H groups in total. The standard InChI is InChI=1S/C6H13Cl2O5P/c1-2-9-3-4-10-5-6-11-14(12-7)13-8/h2-6H2,1H3. The van der Waals surface area contributed by atoms with Crippen molar-refractivity contribution < 1.29 is 22.1 Å². The van der Waals surface area contributed by atoms with E-state index in [0.717, 1.165) is 0 Å². The van der Waals surface area contributed by atoms with Gasteiger partial charge in [-0.05, 0) is 6.92 Å². The van der Waals surface area contributed by atoms with Gasteiger partial charge in [-0.2, -0.15) is 8.15 Å². The SMILES string of the molecule is CCOCCOCCOP(OCl)OCl. The van der Waals surface area contributed by atoms with Gasteiger partial charge in [0.2, 0.25) is 0 Å². The number of hydrogen-bond acceptors (Lipinski definition) is 5. The van der Waals surface area contributed by atoms with Crippen molar-refractivity contribution in [1.82, 2.24) is 0 Å². The van der Waals surface area contributed by atoms with E-state index in [-0.39, 0.29) is 0 Å². The van der Waals surface area contributed by atoms with Gasteiger partial charge in [0.25, 0.3) is 0 Å². The second-order valence-electron chi connectivity index (χ2n) is 2.00. The lowest BCUT2D eigenvalue weighted by atomic mass is 10.7.